The number of nitrogens with zero attached hydrogens (tertiary/aromatic N) is 4. The van der Waals surface area contributed by atoms with Crippen molar-refractivity contribution in [3.8, 4) is 0 Å². The lowest BCUT2D eigenvalue weighted by Gasteiger charge is -2.31. The molecule has 24 nitrogen and oxygen atoms in total. The molecule has 0 saturated carbocycles. The number of nitrogens with one attached hydrogen (secondary N) is 5. The summed E-state index contributed by atoms with van der Waals surface area (Å²) in [4.78, 5) is 138. The molecule has 13 N–H and O–H groups in total. The second kappa shape index (κ2) is 23.3. The molecule has 0 aromatic carbocycles. The molecule has 0 radical (unpaired) electrons. The van der Waals surface area contributed by atoms with Crippen molar-refractivity contribution in [3.05, 3.63) is 0 Å². The van der Waals surface area contributed by atoms with Crippen molar-refractivity contribution >= 4 is 65.5 Å². The quantitative estimate of drug-likeness (QED) is 0.0223. The molecule has 3 aliphatic rings. The molecule has 62 heavy (non-hydrogen) atoms. The topological polar surface area (TPSA) is 371 Å². The van der Waals surface area contributed by atoms with Crippen LogP contribution in [0, 0.1) is 0 Å². The first-order valence-corrected chi connectivity index (χ1v) is 20.8. The molecule has 0 aliphatic carbocycles. The Morgan fingerprint density at radius 1 is 0.694 bits per heavy atom. The van der Waals surface area contributed by atoms with Gasteiger partial charge in [-0.1, -0.05) is 0 Å². The highest BCUT2D eigenvalue weighted by Gasteiger charge is 2.42. The van der Waals surface area contributed by atoms with Gasteiger partial charge in [-0.05, 0) is 79.1 Å². The van der Waals surface area contributed by atoms with Crippen molar-refractivity contribution in [3.63, 3.8) is 0 Å². The molecule has 3 saturated heterocycles. The smallest absolute Gasteiger partial charge is 0.305 e. The number of guanidine groups is 1. The minimum Gasteiger partial charge on any atom is -0.481 e. The van der Waals surface area contributed by atoms with Gasteiger partial charge < -0.3 is 73.5 Å². The molecule has 0 spiro atoms. The lowest BCUT2D eigenvalue weighted by molar-refractivity contribution is -0.145. The molecule has 3 fully saturated rings. The van der Waals surface area contributed by atoms with Gasteiger partial charge in [0.05, 0.1) is 24.6 Å². The maximum atomic E-state index is 14.1. The van der Waals surface area contributed by atoms with Crippen LogP contribution in [0.1, 0.15) is 85.5 Å². The molecule has 0 unspecified atom stereocenters. The van der Waals surface area contributed by atoms with Gasteiger partial charge in [0.25, 0.3) is 0 Å². The van der Waals surface area contributed by atoms with Gasteiger partial charge in [0, 0.05) is 26.2 Å². The van der Waals surface area contributed by atoms with Gasteiger partial charge in [-0.2, -0.15) is 0 Å². The van der Waals surface area contributed by atoms with Crippen molar-refractivity contribution in [2.75, 3.05) is 26.2 Å². The van der Waals surface area contributed by atoms with E-state index in [1.165, 1.54) is 35.5 Å². The number of carboxylic acid groups (broad SMARTS) is 1. The molecule has 8 amide bonds. The van der Waals surface area contributed by atoms with Gasteiger partial charge in [-0.15, -0.1) is 0 Å². The summed E-state index contributed by atoms with van der Waals surface area (Å²) in [5.74, 6) is -7.85. The molecule has 3 aliphatic heterocycles. The highest BCUT2D eigenvalue weighted by atomic mass is 16.4. The number of carbonyl (C=O) groups excluding carboxylic acids is 9. The molecule has 3 rings (SSSR count). The first kappa shape index (κ1) is 50.4. The number of hydrogen-bond donors (Lipinski definition) is 10. The fraction of sp³-hybridized carbons (Fsp3) is 0.711. The Morgan fingerprint density at radius 3 is 1.77 bits per heavy atom. The van der Waals surface area contributed by atoms with Gasteiger partial charge in [-0.3, -0.25) is 48.1 Å². The van der Waals surface area contributed by atoms with Crippen LogP contribution in [0.4, 0.5) is 0 Å². The average Bonchev–Trinajstić information content (AvgIpc) is 4.01. The normalized spacial score (nSPS) is 21.8. The Bertz CT molecular complexity index is 1720. The van der Waals surface area contributed by atoms with Gasteiger partial charge in [-0.25, -0.2) is 0 Å². The average molecular weight is 879 g/mol. The number of nitrogens with two attached hydrogens (primary N) is 3. The Morgan fingerprint density at radius 2 is 1.23 bits per heavy atom. The number of hydrogen-bond acceptors (Lipinski definition) is 13. The van der Waals surface area contributed by atoms with Crippen LogP contribution in [-0.4, -0.2) is 177 Å². The third-order valence-corrected chi connectivity index (χ3v) is 10.9. The van der Waals surface area contributed by atoms with Crippen LogP contribution in [-0.2, 0) is 47.9 Å². The fourth-order valence-electron chi connectivity index (χ4n) is 7.62. The zero-order chi connectivity index (χ0) is 46.4. The van der Waals surface area contributed by atoms with Crippen LogP contribution >= 0.6 is 0 Å². The second-order valence-electron chi connectivity index (χ2n) is 15.9. The highest BCUT2D eigenvalue weighted by molar-refractivity contribution is 5.99. The number of aldehydes is 1. The van der Waals surface area contributed by atoms with E-state index in [-0.39, 0.29) is 51.3 Å². The van der Waals surface area contributed by atoms with Crippen LogP contribution in [0.3, 0.4) is 0 Å². The van der Waals surface area contributed by atoms with Crippen molar-refractivity contribution < 1.29 is 58.2 Å². The minimum absolute atomic E-state index is 0.0431. The summed E-state index contributed by atoms with van der Waals surface area (Å²) in [5, 5.41) is 32.5. The molecular formula is C38H62N12O12. The Labute approximate surface area is 358 Å². The van der Waals surface area contributed by atoms with Crippen LogP contribution in [0.25, 0.3) is 0 Å². The molecule has 3 heterocycles. The standard InChI is InChI=1S/C38H62N12O12/c1-19(39)30(55)43-21(3)36(61)49-15-7-12-27(49)33(58)46-25(17-28(53)54)31(56)47-29(22(4)52)34(59)45-24(10-5-13-42-38(40)41)37(62)50-16-8-11-26(50)32(57)44-20(2)35(60)48-14-6-9-23(48)18-51/h18-27,29,52H,5-17,39H2,1-4H3,(H,43,55)(H,44,57)(H,45,59)(H,46,58)(H,47,56)(H,53,54)(H4,40,41,42)/t19-,20-,21-,22+,23-,24-,25-,26-,27-,29-/m0/s1. The van der Waals surface area contributed by atoms with Crippen LogP contribution in [0.5, 0.6) is 0 Å². The Hall–Kier alpha value is -5.91. The number of carboxylic acids is 1. The van der Waals surface area contributed by atoms with E-state index in [1.807, 2.05) is 0 Å². The molecule has 0 aromatic rings. The Kier molecular flexibility index (Phi) is 19.0. The number of rotatable bonds is 21. The number of aliphatic hydroxyl groups excluding tert-OH is 1. The lowest BCUT2D eigenvalue weighted by Crippen LogP contribution is -2.61. The summed E-state index contributed by atoms with van der Waals surface area (Å²) >= 11 is 0. The molecule has 0 aromatic heterocycles. The number of aliphatic imine (C=N–C) groups is 1. The molecular weight excluding hydrogens is 816 g/mol. The van der Waals surface area contributed by atoms with E-state index >= 15 is 0 Å². The summed E-state index contributed by atoms with van der Waals surface area (Å²) in [6.45, 7) is 6.11. The van der Waals surface area contributed by atoms with Crippen LogP contribution < -0.4 is 43.8 Å². The largest absolute Gasteiger partial charge is 0.481 e. The monoisotopic (exact) mass is 878 g/mol. The summed E-state index contributed by atoms with van der Waals surface area (Å²) in [6, 6.07) is -10.7. The van der Waals surface area contributed by atoms with Gasteiger partial charge in [0.15, 0.2) is 5.96 Å². The molecule has 346 valence electrons. The van der Waals surface area contributed by atoms with Crippen molar-refractivity contribution in [2.45, 2.75) is 146 Å². The highest BCUT2D eigenvalue weighted by Crippen LogP contribution is 2.22. The van der Waals surface area contributed by atoms with Crippen molar-refractivity contribution in [1.29, 1.82) is 0 Å². The number of carbonyl (C=O) groups is 10. The number of amides is 8. The van der Waals surface area contributed by atoms with E-state index in [0.717, 1.165) is 6.92 Å². The number of aliphatic hydroxyl groups is 1. The van der Waals surface area contributed by atoms with Gasteiger partial charge in [0.2, 0.25) is 47.3 Å². The summed E-state index contributed by atoms with van der Waals surface area (Å²) in [5.41, 5.74) is 16.5. The SMILES string of the molecule is C[C@H](N)C(=O)N[C@@H](C)C(=O)N1CCC[C@H]1C(=O)N[C@@H](CC(=O)O)C(=O)N[C@H](C(=O)N[C@@H](CCCN=C(N)N)C(=O)N1CCC[C@H]1C(=O)N[C@@H](C)C(=O)N1CCC[C@H]1C=O)[C@@H](C)O. The summed E-state index contributed by atoms with van der Waals surface area (Å²) in [7, 11) is 0. The van der Waals surface area contributed by atoms with Crippen LogP contribution in [0.2, 0.25) is 0 Å². The maximum Gasteiger partial charge on any atom is 0.305 e. The summed E-state index contributed by atoms with van der Waals surface area (Å²) in [6.07, 6.45) is 0.478. The van der Waals surface area contributed by atoms with E-state index < -0.39 is 120 Å². The second-order valence-corrected chi connectivity index (χ2v) is 15.9. The molecule has 24 heteroatoms. The molecule has 0 bridgehead atoms. The molecule has 10 atom stereocenters. The number of likely N-dealkylation sites (tertiary alicyclic amines) is 3. The fourth-order valence-corrected chi connectivity index (χ4v) is 7.62. The van der Waals surface area contributed by atoms with Gasteiger partial charge >= 0.3 is 5.97 Å². The van der Waals surface area contributed by atoms with Crippen molar-refractivity contribution in [2.24, 2.45) is 22.2 Å². The van der Waals surface area contributed by atoms with E-state index in [4.69, 9.17) is 17.2 Å². The lowest BCUT2D eigenvalue weighted by atomic mass is 10.1. The van der Waals surface area contributed by atoms with Crippen molar-refractivity contribution in [1.82, 2.24) is 41.3 Å². The zero-order valence-corrected chi connectivity index (χ0v) is 35.5. The minimum atomic E-state index is -1.80. The van der Waals surface area contributed by atoms with E-state index in [2.05, 4.69) is 31.6 Å². The van der Waals surface area contributed by atoms with Crippen LogP contribution in [0.15, 0.2) is 4.99 Å². The zero-order valence-electron chi connectivity index (χ0n) is 35.5. The van der Waals surface area contributed by atoms with E-state index in [1.54, 1.807) is 0 Å². The third-order valence-electron chi connectivity index (χ3n) is 10.9. The van der Waals surface area contributed by atoms with E-state index in [9.17, 15) is 58.2 Å². The first-order chi connectivity index (χ1) is 29.2. The van der Waals surface area contributed by atoms with Gasteiger partial charge in [0.1, 0.15) is 48.6 Å². The summed E-state index contributed by atoms with van der Waals surface area (Å²) < 4.78 is 0. The predicted molar refractivity (Wildman–Crippen MR) is 219 cm³/mol. The maximum absolute atomic E-state index is 14.1. The number of aliphatic carboxylic acids is 1. The van der Waals surface area contributed by atoms with E-state index in [0.29, 0.717) is 38.5 Å². The first-order valence-electron chi connectivity index (χ1n) is 20.8. The third kappa shape index (κ3) is 13.8. The Balaban J connectivity index is 1.77. The predicted octanol–water partition coefficient (Wildman–Crippen LogP) is -5.12.